The second kappa shape index (κ2) is 3.65. The molecule has 2 N–H and O–H groups in total. The van der Waals surface area contributed by atoms with Gasteiger partial charge < -0.3 is 5.73 Å². The maximum atomic E-state index is 12.4. The fourth-order valence-corrected chi connectivity index (χ4v) is 1.57. The standard InChI is InChI=1S/C8H4F3IN2/c9-8(10,11)6-2-5(12)1-4(3-13)7(6)14/h1-2H,14H2. The highest BCUT2D eigenvalue weighted by molar-refractivity contribution is 14.1. The van der Waals surface area contributed by atoms with Crippen molar-refractivity contribution in [1.29, 1.82) is 5.26 Å². The molecule has 0 aromatic heterocycles. The molecule has 0 fully saturated rings. The zero-order valence-electron chi connectivity index (χ0n) is 6.69. The number of halogens is 4. The third-order valence-electron chi connectivity index (χ3n) is 1.57. The Morgan fingerprint density at radius 3 is 2.36 bits per heavy atom. The molecule has 1 rings (SSSR count). The third kappa shape index (κ3) is 2.09. The van der Waals surface area contributed by atoms with Crippen molar-refractivity contribution in [2.45, 2.75) is 6.18 Å². The van der Waals surface area contributed by atoms with Gasteiger partial charge in [0.25, 0.3) is 0 Å². The van der Waals surface area contributed by atoms with Crippen LogP contribution in [0.25, 0.3) is 0 Å². The number of nitrogens with two attached hydrogens (primary N) is 1. The Hall–Kier alpha value is -0.970. The molecule has 0 radical (unpaired) electrons. The molecule has 0 saturated heterocycles. The maximum absolute atomic E-state index is 12.4. The fraction of sp³-hybridized carbons (Fsp3) is 0.125. The molecule has 0 heterocycles. The highest BCUT2D eigenvalue weighted by Gasteiger charge is 2.34. The molecule has 6 heteroatoms. The summed E-state index contributed by atoms with van der Waals surface area (Å²) in [6.45, 7) is 0. The largest absolute Gasteiger partial charge is 0.418 e. The minimum Gasteiger partial charge on any atom is -0.397 e. The second-order valence-corrected chi connectivity index (χ2v) is 3.77. The summed E-state index contributed by atoms with van der Waals surface area (Å²) in [6, 6.07) is 3.84. The van der Waals surface area contributed by atoms with E-state index in [-0.39, 0.29) is 5.56 Å². The molecule has 0 spiro atoms. The van der Waals surface area contributed by atoms with Crippen LogP contribution in [0, 0.1) is 14.9 Å². The lowest BCUT2D eigenvalue weighted by Gasteiger charge is -2.11. The Bertz CT molecular complexity index is 406. The lowest BCUT2D eigenvalue weighted by atomic mass is 10.1. The van der Waals surface area contributed by atoms with Gasteiger partial charge in [-0.3, -0.25) is 0 Å². The summed E-state index contributed by atoms with van der Waals surface area (Å²) in [5.74, 6) is 0. The Balaban J connectivity index is 3.47. The van der Waals surface area contributed by atoms with E-state index >= 15 is 0 Å². The van der Waals surface area contributed by atoms with Gasteiger partial charge in [0.2, 0.25) is 0 Å². The molecule has 0 amide bonds. The van der Waals surface area contributed by atoms with Crippen molar-refractivity contribution in [3.63, 3.8) is 0 Å². The summed E-state index contributed by atoms with van der Waals surface area (Å²) in [5, 5.41) is 8.53. The van der Waals surface area contributed by atoms with Gasteiger partial charge >= 0.3 is 6.18 Å². The summed E-state index contributed by atoms with van der Waals surface area (Å²) in [6.07, 6.45) is -4.52. The van der Waals surface area contributed by atoms with Gasteiger partial charge in [-0.05, 0) is 34.7 Å². The molecule has 0 aliphatic heterocycles. The lowest BCUT2D eigenvalue weighted by Crippen LogP contribution is -2.10. The Labute approximate surface area is 91.7 Å². The average molecular weight is 312 g/mol. The van der Waals surface area contributed by atoms with Gasteiger partial charge in [-0.15, -0.1) is 0 Å². The zero-order valence-corrected chi connectivity index (χ0v) is 8.85. The number of hydrogen-bond donors (Lipinski definition) is 1. The van der Waals surface area contributed by atoms with Gasteiger partial charge in [-0.2, -0.15) is 18.4 Å². The molecule has 2 nitrogen and oxygen atoms in total. The SMILES string of the molecule is N#Cc1cc(I)cc(C(F)(F)F)c1N. The van der Waals surface area contributed by atoms with Crippen molar-refractivity contribution in [1.82, 2.24) is 0 Å². The van der Waals surface area contributed by atoms with E-state index in [4.69, 9.17) is 11.0 Å². The summed E-state index contributed by atoms with van der Waals surface area (Å²) in [5.41, 5.74) is 3.58. The number of nitrogen functional groups attached to an aromatic ring is 1. The van der Waals surface area contributed by atoms with Crippen LogP contribution >= 0.6 is 22.6 Å². The van der Waals surface area contributed by atoms with Gasteiger partial charge in [0.1, 0.15) is 6.07 Å². The molecule has 0 unspecified atom stereocenters. The second-order valence-electron chi connectivity index (χ2n) is 2.52. The first-order valence-corrected chi connectivity index (χ1v) is 4.50. The number of alkyl halides is 3. The number of benzene rings is 1. The van der Waals surface area contributed by atoms with Crippen LogP contribution < -0.4 is 5.73 Å². The van der Waals surface area contributed by atoms with Gasteiger partial charge in [0.15, 0.2) is 0 Å². The van der Waals surface area contributed by atoms with Crippen LogP contribution in [0.3, 0.4) is 0 Å². The normalized spacial score (nSPS) is 11.1. The van der Waals surface area contributed by atoms with Crippen molar-refractivity contribution >= 4 is 28.3 Å². The molecule has 0 atom stereocenters. The third-order valence-corrected chi connectivity index (χ3v) is 2.19. The van der Waals surface area contributed by atoms with Crippen LogP contribution in [0.5, 0.6) is 0 Å². The van der Waals surface area contributed by atoms with E-state index in [2.05, 4.69) is 0 Å². The summed E-state index contributed by atoms with van der Waals surface area (Å²) < 4.78 is 37.4. The molecule has 14 heavy (non-hydrogen) atoms. The average Bonchev–Trinajstić information content (AvgIpc) is 2.06. The van der Waals surface area contributed by atoms with Crippen molar-refractivity contribution in [2.24, 2.45) is 0 Å². The van der Waals surface area contributed by atoms with Gasteiger partial charge in [0.05, 0.1) is 16.8 Å². The first-order valence-electron chi connectivity index (χ1n) is 3.42. The van der Waals surface area contributed by atoms with Gasteiger partial charge in [-0.25, -0.2) is 0 Å². The maximum Gasteiger partial charge on any atom is 0.418 e. The molecular formula is C8H4F3IN2. The van der Waals surface area contributed by atoms with E-state index < -0.39 is 17.4 Å². The monoisotopic (exact) mass is 312 g/mol. The summed E-state index contributed by atoms with van der Waals surface area (Å²) >= 11 is 1.70. The van der Waals surface area contributed by atoms with Crippen molar-refractivity contribution in [3.05, 3.63) is 26.8 Å². The first kappa shape index (κ1) is 11.1. The van der Waals surface area contributed by atoms with Crippen molar-refractivity contribution < 1.29 is 13.2 Å². The molecule has 0 bridgehead atoms. The first-order chi connectivity index (χ1) is 6.36. The molecule has 74 valence electrons. The molecule has 1 aromatic rings. The molecule has 0 saturated carbocycles. The minimum atomic E-state index is -4.52. The van der Waals surface area contributed by atoms with Crippen LogP contribution in [0.15, 0.2) is 12.1 Å². The fourth-order valence-electron chi connectivity index (χ4n) is 0.945. The topological polar surface area (TPSA) is 49.8 Å². The summed E-state index contributed by atoms with van der Waals surface area (Å²) in [4.78, 5) is 0. The van der Waals surface area contributed by atoms with E-state index in [1.807, 2.05) is 0 Å². The Morgan fingerprint density at radius 1 is 1.36 bits per heavy atom. The Morgan fingerprint density at radius 2 is 1.93 bits per heavy atom. The minimum absolute atomic E-state index is 0.149. The van der Waals surface area contributed by atoms with Crippen LogP contribution in [-0.2, 0) is 6.18 Å². The molecule has 1 aromatic carbocycles. The number of anilines is 1. The number of hydrogen-bond acceptors (Lipinski definition) is 2. The molecule has 0 aliphatic carbocycles. The van der Waals surface area contributed by atoms with Gasteiger partial charge in [0, 0.05) is 3.57 Å². The smallest absolute Gasteiger partial charge is 0.397 e. The number of nitrogens with zero attached hydrogens (tertiary/aromatic N) is 1. The van der Waals surface area contributed by atoms with Crippen LogP contribution in [0.1, 0.15) is 11.1 Å². The Kier molecular flexibility index (Phi) is 2.89. The summed E-state index contributed by atoms with van der Waals surface area (Å²) in [7, 11) is 0. The number of nitriles is 1. The van der Waals surface area contributed by atoms with Crippen LogP contribution in [0.2, 0.25) is 0 Å². The quantitative estimate of drug-likeness (QED) is 0.591. The zero-order chi connectivity index (χ0) is 10.9. The van der Waals surface area contributed by atoms with E-state index in [1.165, 1.54) is 6.07 Å². The molecular weight excluding hydrogens is 308 g/mol. The lowest BCUT2D eigenvalue weighted by molar-refractivity contribution is -0.137. The van der Waals surface area contributed by atoms with E-state index in [0.29, 0.717) is 3.57 Å². The van der Waals surface area contributed by atoms with Crippen molar-refractivity contribution in [3.8, 4) is 6.07 Å². The van der Waals surface area contributed by atoms with E-state index in [9.17, 15) is 13.2 Å². The van der Waals surface area contributed by atoms with Gasteiger partial charge in [-0.1, -0.05) is 0 Å². The highest BCUT2D eigenvalue weighted by atomic mass is 127. The number of rotatable bonds is 0. The predicted octanol–water partition coefficient (Wildman–Crippen LogP) is 2.76. The highest BCUT2D eigenvalue weighted by Crippen LogP contribution is 2.35. The van der Waals surface area contributed by atoms with E-state index in [0.717, 1.165) is 6.07 Å². The van der Waals surface area contributed by atoms with Crippen molar-refractivity contribution in [2.75, 3.05) is 5.73 Å². The predicted molar refractivity (Wildman–Crippen MR) is 53.3 cm³/mol. The van der Waals surface area contributed by atoms with Crippen LogP contribution in [-0.4, -0.2) is 0 Å². The van der Waals surface area contributed by atoms with E-state index in [1.54, 1.807) is 28.7 Å². The molecule has 0 aliphatic rings. The van der Waals surface area contributed by atoms with Crippen LogP contribution in [0.4, 0.5) is 18.9 Å².